The van der Waals surface area contributed by atoms with Crippen LogP contribution in [-0.4, -0.2) is 51.0 Å². The van der Waals surface area contributed by atoms with Gasteiger partial charge in [0, 0.05) is 11.3 Å². The summed E-state index contributed by atoms with van der Waals surface area (Å²) in [5, 5.41) is 16.2. The van der Waals surface area contributed by atoms with E-state index in [9.17, 15) is 19.6 Å². The Morgan fingerprint density at radius 1 is 1.13 bits per heavy atom. The number of aromatic amines is 1. The highest BCUT2D eigenvalue weighted by Gasteiger charge is 2.36. The zero-order valence-electron chi connectivity index (χ0n) is 23.2. The van der Waals surface area contributed by atoms with Gasteiger partial charge < -0.3 is 15.6 Å². The molecular weight excluding hydrogens is 494 g/mol. The molecule has 3 aromatic rings. The average Bonchev–Trinajstić information content (AvgIpc) is 3.56. The summed E-state index contributed by atoms with van der Waals surface area (Å²) in [6, 6.07) is 12.7. The van der Waals surface area contributed by atoms with Gasteiger partial charge in [-0.25, -0.2) is 10.0 Å². The van der Waals surface area contributed by atoms with E-state index < -0.39 is 17.4 Å². The second kappa shape index (κ2) is 12.0. The normalized spacial score (nSPS) is 15.6. The number of H-pyrrole nitrogens is 1. The molecule has 4 rings (SSSR count). The zero-order valence-corrected chi connectivity index (χ0v) is 23.2. The lowest BCUT2D eigenvalue weighted by molar-refractivity contribution is -0.155. The number of benzene rings is 2. The van der Waals surface area contributed by atoms with Crippen molar-refractivity contribution in [2.24, 2.45) is 17.3 Å². The van der Waals surface area contributed by atoms with Crippen molar-refractivity contribution in [1.82, 2.24) is 20.3 Å². The van der Waals surface area contributed by atoms with Crippen LogP contribution in [0.4, 0.5) is 5.69 Å². The van der Waals surface area contributed by atoms with Crippen LogP contribution in [0.3, 0.4) is 0 Å². The van der Waals surface area contributed by atoms with E-state index in [1.54, 1.807) is 6.07 Å². The molecule has 1 saturated carbocycles. The number of carbonyl (C=O) groups excluding carboxylic acids is 3. The SMILES string of the molecule is Cc1ccc(-c2nc3ccc(NC(=O)[C@@H](NC(=O)[C@H](CC4CCCC4)CN(O)C=O)C(C)(C)C)cc3[nH]2)cc1. The molecule has 2 atom stereocenters. The molecule has 39 heavy (non-hydrogen) atoms. The molecule has 9 heteroatoms. The maximum atomic E-state index is 13.5. The fourth-order valence-electron chi connectivity index (χ4n) is 5.27. The number of nitrogens with one attached hydrogen (secondary N) is 3. The summed E-state index contributed by atoms with van der Waals surface area (Å²) in [7, 11) is 0. The highest BCUT2D eigenvalue weighted by molar-refractivity contribution is 5.99. The van der Waals surface area contributed by atoms with Crippen molar-refractivity contribution < 1.29 is 19.6 Å². The van der Waals surface area contributed by atoms with Crippen LogP contribution in [0.2, 0.25) is 0 Å². The summed E-state index contributed by atoms with van der Waals surface area (Å²) in [6.07, 6.45) is 5.17. The first-order chi connectivity index (χ1) is 18.5. The number of aryl methyl sites for hydroxylation is 1. The van der Waals surface area contributed by atoms with Crippen molar-refractivity contribution in [3.05, 3.63) is 48.0 Å². The monoisotopic (exact) mass is 533 g/mol. The molecule has 1 aliphatic rings. The maximum absolute atomic E-state index is 13.5. The summed E-state index contributed by atoms with van der Waals surface area (Å²) in [6.45, 7) is 7.59. The molecule has 2 aromatic carbocycles. The molecule has 0 unspecified atom stereocenters. The number of hydrogen-bond donors (Lipinski definition) is 4. The van der Waals surface area contributed by atoms with E-state index in [2.05, 4.69) is 20.6 Å². The van der Waals surface area contributed by atoms with Crippen LogP contribution in [0.5, 0.6) is 0 Å². The topological polar surface area (TPSA) is 127 Å². The first-order valence-electron chi connectivity index (χ1n) is 13.6. The van der Waals surface area contributed by atoms with Gasteiger partial charge in [0.25, 0.3) is 0 Å². The zero-order chi connectivity index (χ0) is 28.2. The summed E-state index contributed by atoms with van der Waals surface area (Å²) in [4.78, 5) is 45.9. The molecule has 0 aliphatic heterocycles. The summed E-state index contributed by atoms with van der Waals surface area (Å²) < 4.78 is 0. The number of nitrogens with zero attached hydrogens (tertiary/aromatic N) is 2. The second-order valence-electron chi connectivity index (χ2n) is 11.8. The first-order valence-corrected chi connectivity index (χ1v) is 13.6. The minimum atomic E-state index is -0.833. The number of rotatable bonds is 10. The number of fused-ring (bicyclic) bond motifs is 1. The number of hydrogen-bond acceptors (Lipinski definition) is 5. The molecule has 0 saturated heterocycles. The molecule has 0 radical (unpaired) electrons. The van der Waals surface area contributed by atoms with Crippen molar-refractivity contribution >= 4 is 34.9 Å². The molecule has 1 aliphatic carbocycles. The van der Waals surface area contributed by atoms with Crippen molar-refractivity contribution in [2.45, 2.75) is 65.8 Å². The smallest absolute Gasteiger partial charge is 0.247 e. The van der Waals surface area contributed by atoms with Gasteiger partial charge in [-0.15, -0.1) is 0 Å². The Bertz CT molecular complexity index is 1310. The van der Waals surface area contributed by atoms with E-state index in [0.717, 1.165) is 48.1 Å². The second-order valence-corrected chi connectivity index (χ2v) is 11.8. The number of anilines is 1. The standard InChI is InChI=1S/C30H39N5O4/c1-19-9-11-21(12-10-19)27-32-24-14-13-23(16-25(24)33-27)31-29(38)26(30(2,3)4)34-28(37)22(17-35(39)18-36)15-20-7-5-6-8-20/h9-14,16,18,20,22,26,39H,5-8,15,17H2,1-4H3,(H,31,38)(H,32,33)(H,34,37)/t22-,26-/m1/s1. The van der Waals surface area contributed by atoms with Crippen LogP contribution in [0.25, 0.3) is 22.4 Å². The van der Waals surface area contributed by atoms with Crippen LogP contribution in [0.15, 0.2) is 42.5 Å². The fraction of sp³-hybridized carbons (Fsp3) is 0.467. The lowest BCUT2D eigenvalue weighted by Gasteiger charge is -2.32. The third kappa shape index (κ3) is 7.23. The van der Waals surface area contributed by atoms with Gasteiger partial charge in [-0.1, -0.05) is 76.3 Å². The molecule has 3 amide bonds. The Kier molecular flexibility index (Phi) is 8.70. The first kappa shape index (κ1) is 28.3. The van der Waals surface area contributed by atoms with Crippen molar-refractivity contribution in [3.63, 3.8) is 0 Å². The van der Waals surface area contributed by atoms with Gasteiger partial charge in [0.05, 0.1) is 23.5 Å². The lowest BCUT2D eigenvalue weighted by atomic mass is 9.85. The molecule has 0 spiro atoms. The van der Waals surface area contributed by atoms with E-state index in [4.69, 9.17) is 0 Å². The number of amides is 3. The summed E-state index contributed by atoms with van der Waals surface area (Å²) in [5.41, 5.74) is 3.71. The van der Waals surface area contributed by atoms with E-state index in [-0.39, 0.29) is 18.4 Å². The third-order valence-corrected chi connectivity index (χ3v) is 7.48. The largest absolute Gasteiger partial charge is 0.343 e. The van der Waals surface area contributed by atoms with Crippen LogP contribution in [0, 0.1) is 24.2 Å². The number of imidazole rings is 1. The number of hydroxylamine groups is 2. The minimum absolute atomic E-state index is 0.107. The molecule has 4 N–H and O–H groups in total. The fourth-order valence-corrected chi connectivity index (χ4v) is 5.27. The molecule has 208 valence electrons. The molecule has 1 fully saturated rings. The van der Waals surface area contributed by atoms with Crippen molar-refractivity contribution in [3.8, 4) is 11.4 Å². The van der Waals surface area contributed by atoms with Gasteiger partial charge in [0.2, 0.25) is 18.2 Å². The minimum Gasteiger partial charge on any atom is -0.343 e. The third-order valence-electron chi connectivity index (χ3n) is 7.48. The van der Waals surface area contributed by atoms with E-state index in [1.807, 2.05) is 64.1 Å². The van der Waals surface area contributed by atoms with Gasteiger partial charge >= 0.3 is 0 Å². The average molecular weight is 534 g/mol. The Balaban J connectivity index is 1.49. The Morgan fingerprint density at radius 2 is 1.82 bits per heavy atom. The van der Waals surface area contributed by atoms with E-state index >= 15 is 0 Å². The van der Waals surface area contributed by atoms with E-state index in [0.29, 0.717) is 29.5 Å². The number of aromatic nitrogens is 2. The van der Waals surface area contributed by atoms with Crippen LogP contribution in [0.1, 0.15) is 58.4 Å². The van der Waals surface area contributed by atoms with Gasteiger partial charge in [-0.3, -0.25) is 19.6 Å². The van der Waals surface area contributed by atoms with Crippen LogP contribution >= 0.6 is 0 Å². The number of carbonyl (C=O) groups is 3. The predicted octanol–water partition coefficient (Wildman–Crippen LogP) is 5.05. The van der Waals surface area contributed by atoms with Gasteiger partial charge in [-0.05, 0) is 42.9 Å². The Hall–Kier alpha value is -3.72. The highest BCUT2D eigenvalue weighted by atomic mass is 16.5. The molecule has 0 bridgehead atoms. The molecule has 9 nitrogen and oxygen atoms in total. The molecule has 1 aromatic heterocycles. The van der Waals surface area contributed by atoms with E-state index in [1.165, 1.54) is 5.56 Å². The van der Waals surface area contributed by atoms with Crippen molar-refractivity contribution in [2.75, 3.05) is 11.9 Å². The molecular formula is C30H39N5O4. The maximum Gasteiger partial charge on any atom is 0.247 e. The highest BCUT2D eigenvalue weighted by Crippen LogP contribution is 2.31. The van der Waals surface area contributed by atoms with Gasteiger partial charge in [-0.2, -0.15) is 0 Å². The van der Waals surface area contributed by atoms with Crippen LogP contribution in [-0.2, 0) is 14.4 Å². The van der Waals surface area contributed by atoms with Gasteiger partial charge in [0.1, 0.15) is 11.9 Å². The Morgan fingerprint density at radius 3 is 2.46 bits per heavy atom. The summed E-state index contributed by atoms with van der Waals surface area (Å²) in [5.74, 6) is -0.181. The van der Waals surface area contributed by atoms with Crippen molar-refractivity contribution in [1.29, 1.82) is 0 Å². The quantitative estimate of drug-likeness (QED) is 0.165. The van der Waals surface area contributed by atoms with Crippen LogP contribution < -0.4 is 10.6 Å². The predicted molar refractivity (Wildman–Crippen MR) is 151 cm³/mol. The summed E-state index contributed by atoms with van der Waals surface area (Å²) >= 11 is 0. The Labute approximate surface area is 229 Å². The lowest BCUT2D eigenvalue weighted by Crippen LogP contribution is -2.54. The van der Waals surface area contributed by atoms with Gasteiger partial charge in [0.15, 0.2) is 0 Å². The molecule has 1 heterocycles.